The van der Waals surface area contributed by atoms with Crippen LogP contribution in [0.3, 0.4) is 0 Å². The molecule has 0 bridgehead atoms. The molecule has 0 heterocycles. The Kier molecular flexibility index (Phi) is 4.98. The molecule has 1 aromatic rings. The minimum absolute atomic E-state index is 0.0804. The summed E-state index contributed by atoms with van der Waals surface area (Å²) in [6.45, 7) is 8.45. The summed E-state index contributed by atoms with van der Waals surface area (Å²) in [5.74, 6) is 0.185. The predicted molar refractivity (Wildman–Crippen MR) is 76.8 cm³/mol. The Morgan fingerprint density at radius 2 is 2.00 bits per heavy atom. The quantitative estimate of drug-likeness (QED) is 0.883. The fourth-order valence-corrected chi connectivity index (χ4v) is 2.15. The first-order valence-electron chi connectivity index (χ1n) is 6.63. The van der Waals surface area contributed by atoms with Crippen LogP contribution in [0.4, 0.5) is 0 Å². The highest BCUT2D eigenvalue weighted by molar-refractivity contribution is 5.67. The van der Waals surface area contributed by atoms with Gasteiger partial charge in [-0.1, -0.05) is 39.8 Å². The molecule has 1 rings (SSSR count). The van der Waals surface area contributed by atoms with Gasteiger partial charge in [0.25, 0.3) is 0 Å². The zero-order valence-corrected chi connectivity index (χ0v) is 12.5. The predicted octanol–water partition coefficient (Wildman–Crippen LogP) is 3.65. The van der Waals surface area contributed by atoms with Gasteiger partial charge in [0.1, 0.15) is 5.75 Å². The Bertz CT molecular complexity index is 444. The standard InChI is InChI=1S/C16H24O3/c1-11(9-15(17)18)8-12-10-13(16(2,3)4)6-7-14(12)19-5/h6-7,10-11H,8-9H2,1-5H3,(H,17,18). The maximum atomic E-state index is 10.7. The molecule has 19 heavy (non-hydrogen) atoms. The molecule has 3 nitrogen and oxygen atoms in total. The van der Waals surface area contributed by atoms with E-state index >= 15 is 0 Å². The molecule has 0 aliphatic rings. The van der Waals surface area contributed by atoms with E-state index in [0.717, 1.165) is 17.7 Å². The lowest BCUT2D eigenvalue weighted by Crippen LogP contribution is -2.13. The van der Waals surface area contributed by atoms with Crippen molar-refractivity contribution in [3.8, 4) is 5.75 Å². The van der Waals surface area contributed by atoms with Crippen molar-refractivity contribution < 1.29 is 14.6 Å². The second kappa shape index (κ2) is 6.09. The number of ether oxygens (including phenoxy) is 1. The van der Waals surface area contributed by atoms with E-state index in [2.05, 4.69) is 32.9 Å². The van der Waals surface area contributed by atoms with Crippen molar-refractivity contribution in [3.05, 3.63) is 29.3 Å². The van der Waals surface area contributed by atoms with Crippen LogP contribution in [-0.4, -0.2) is 18.2 Å². The Morgan fingerprint density at radius 1 is 1.37 bits per heavy atom. The number of carbonyl (C=O) groups is 1. The fourth-order valence-electron chi connectivity index (χ4n) is 2.15. The van der Waals surface area contributed by atoms with Crippen LogP contribution in [0.15, 0.2) is 18.2 Å². The third kappa shape index (κ3) is 4.58. The molecule has 0 aromatic heterocycles. The zero-order valence-electron chi connectivity index (χ0n) is 12.5. The molecule has 0 aliphatic heterocycles. The monoisotopic (exact) mass is 264 g/mol. The molecule has 0 saturated heterocycles. The van der Waals surface area contributed by atoms with Gasteiger partial charge >= 0.3 is 5.97 Å². The van der Waals surface area contributed by atoms with E-state index in [1.165, 1.54) is 5.56 Å². The van der Waals surface area contributed by atoms with Gasteiger partial charge in [0.15, 0.2) is 0 Å². The second-order valence-corrected chi connectivity index (χ2v) is 6.18. The van der Waals surface area contributed by atoms with Crippen molar-refractivity contribution in [1.29, 1.82) is 0 Å². The summed E-state index contributed by atoms with van der Waals surface area (Å²) in [5, 5.41) is 8.84. The van der Waals surface area contributed by atoms with Crippen molar-refractivity contribution in [3.63, 3.8) is 0 Å². The second-order valence-electron chi connectivity index (χ2n) is 6.18. The van der Waals surface area contributed by atoms with Gasteiger partial charge in [0.2, 0.25) is 0 Å². The Hall–Kier alpha value is -1.51. The van der Waals surface area contributed by atoms with Gasteiger partial charge in [-0.25, -0.2) is 0 Å². The van der Waals surface area contributed by atoms with E-state index in [1.807, 2.05) is 13.0 Å². The number of aliphatic carboxylic acids is 1. The molecule has 0 fully saturated rings. The first kappa shape index (κ1) is 15.5. The van der Waals surface area contributed by atoms with Gasteiger partial charge in [-0.3, -0.25) is 4.79 Å². The van der Waals surface area contributed by atoms with E-state index in [-0.39, 0.29) is 17.8 Å². The highest BCUT2D eigenvalue weighted by atomic mass is 16.5. The third-order valence-corrected chi connectivity index (χ3v) is 3.24. The first-order chi connectivity index (χ1) is 8.74. The van der Waals surface area contributed by atoms with E-state index in [9.17, 15) is 4.79 Å². The molecule has 0 spiro atoms. The van der Waals surface area contributed by atoms with Crippen LogP contribution < -0.4 is 4.74 Å². The number of rotatable bonds is 5. The van der Waals surface area contributed by atoms with Gasteiger partial charge < -0.3 is 9.84 Å². The van der Waals surface area contributed by atoms with Crippen LogP contribution in [-0.2, 0) is 16.6 Å². The van der Waals surface area contributed by atoms with Crippen molar-refractivity contribution in [2.75, 3.05) is 7.11 Å². The summed E-state index contributed by atoms with van der Waals surface area (Å²) < 4.78 is 5.37. The summed E-state index contributed by atoms with van der Waals surface area (Å²) in [6, 6.07) is 6.19. The zero-order chi connectivity index (χ0) is 14.6. The summed E-state index contributed by atoms with van der Waals surface area (Å²) >= 11 is 0. The first-order valence-corrected chi connectivity index (χ1v) is 6.63. The highest BCUT2D eigenvalue weighted by Crippen LogP contribution is 2.29. The lowest BCUT2D eigenvalue weighted by molar-refractivity contribution is -0.137. The van der Waals surface area contributed by atoms with Crippen LogP contribution in [0.25, 0.3) is 0 Å². The van der Waals surface area contributed by atoms with Gasteiger partial charge in [-0.05, 0) is 34.9 Å². The molecule has 1 unspecified atom stereocenters. The summed E-state index contributed by atoms with van der Waals surface area (Å²) in [7, 11) is 1.65. The van der Waals surface area contributed by atoms with Crippen molar-refractivity contribution in [2.24, 2.45) is 5.92 Å². The molecule has 0 amide bonds. The van der Waals surface area contributed by atoms with Gasteiger partial charge in [-0.2, -0.15) is 0 Å². The number of carboxylic acids is 1. The number of hydrogen-bond acceptors (Lipinski definition) is 2. The maximum Gasteiger partial charge on any atom is 0.303 e. The topological polar surface area (TPSA) is 46.5 Å². The fraction of sp³-hybridized carbons (Fsp3) is 0.562. The Morgan fingerprint density at radius 3 is 2.47 bits per heavy atom. The van der Waals surface area contributed by atoms with E-state index in [4.69, 9.17) is 9.84 Å². The number of benzene rings is 1. The molecule has 0 saturated carbocycles. The summed E-state index contributed by atoms with van der Waals surface area (Å²) in [5.41, 5.74) is 2.41. The molecule has 0 aliphatic carbocycles. The molecule has 1 aromatic carbocycles. The molecule has 106 valence electrons. The van der Waals surface area contributed by atoms with Crippen LogP contribution in [0, 0.1) is 5.92 Å². The minimum atomic E-state index is -0.751. The third-order valence-electron chi connectivity index (χ3n) is 3.24. The van der Waals surface area contributed by atoms with Crippen molar-refractivity contribution in [2.45, 2.75) is 46.0 Å². The molecular formula is C16H24O3. The largest absolute Gasteiger partial charge is 0.496 e. The van der Waals surface area contributed by atoms with Gasteiger partial charge in [0.05, 0.1) is 7.11 Å². The highest BCUT2D eigenvalue weighted by Gasteiger charge is 2.17. The minimum Gasteiger partial charge on any atom is -0.496 e. The van der Waals surface area contributed by atoms with E-state index in [1.54, 1.807) is 7.11 Å². The van der Waals surface area contributed by atoms with E-state index < -0.39 is 5.97 Å². The van der Waals surface area contributed by atoms with Crippen LogP contribution >= 0.6 is 0 Å². The van der Waals surface area contributed by atoms with Gasteiger partial charge in [-0.15, -0.1) is 0 Å². The molecule has 1 N–H and O–H groups in total. The van der Waals surface area contributed by atoms with Crippen LogP contribution in [0.5, 0.6) is 5.75 Å². The summed E-state index contributed by atoms with van der Waals surface area (Å²) in [4.78, 5) is 10.7. The normalized spacial score (nSPS) is 13.1. The van der Waals surface area contributed by atoms with Crippen LogP contribution in [0.2, 0.25) is 0 Å². The molecule has 3 heteroatoms. The number of hydrogen-bond donors (Lipinski definition) is 1. The number of carboxylic acid groups (broad SMARTS) is 1. The lowest BCUT2D eigenvalue weighted by Gasteiger charge is -2.22. The molecular weight excluding hydrogens is 240 g/mol. The lowest BCUT2D eigenvalue weighted by atomic mass is 9.84. The van der Waals surface area contributed by atoms with Crippen molar-refractivity contribution in [1.82, 2.24) is 0 Å². The number of methoxy groups -OCH3 is 1. The van der Waals surface area contributed by atoms with Crippen molar-refractivity contribution >= 4 is 5.97 Å². The SMILES string of the molecule is COc1ccc(C(C)(C)C)cc1CC(C)CC(=O)O. The average Bonchev–Trinajstić information content (AvgIpc) is 2.26. The maximum absolute atomic E-state index is 10.7. The average molecular weight is 264 g/mol. The van der Waals surface area contributed by atoms with Crippen LogP contribution in [0.1, 0.15) is 45.2 Å². The van der Waals surface area contributed by atoms with Gasteiger partial charge in [0, 0.05) is 6.42 Å². The smallest absolute Gasteiger partial charge is 0.303 e. The summed E-state index contributed by atoms with van der Waals surface area (Å²) in [6.07, 6.45) is 0.905. The Labute approximate surface area is 115 Å². The molecule has 1 atom stereocenters. The van der Waals surface area contributed by atoms with E-state index in [0.29, 0.717) is 0 Å². The Balaban J connectivity index is 2.99. The molecule has 0 radical (unpaired) electrons.